The first-order valence-corrected chi connectivity index (χ1v) is 21.2. The number of nitrogens with one attached hydrogen (secondary N) is 7. The molecule has 0 aliphatic rings. The van der Waals surface area contributed by atoms with Crippen molar-refractivity contribution in [3.05, 3.63) is 107 Å². The van der Waals surface area contributed by atoms with Gasteiger partial charge in [0.15, 0.2) is 5.92 Å². The van der Waals surface area contributed by atoms with Crippen molar-refractivity contribution in [3.8, 4) is 0 Å². The van der Waals surface area contributed by atoms with E-state index in [1.54, 1.807) is 0 Å². The molecule has 0 spiro atoms. The van der Waals surface area contributed by atoms with Crippen molar-refractivity contribution in [2.75, 3.05) is 12.0 Å². The highest BCUT2D eigenvalue weighted by molar-refractivity contribution is 5.99. The van der Waals surface area contributed by atoms with Crippen LogP contribution in [-0.2, 0) is 46.5 Å². The number of pyridine rings is 1. The maximum atomic E-state index is 13.6. The molecule has 6 amide bonds. The number of carboxylic acids is 5. The van der Waals surface area contributed by atoms with Gasteiger partial charge in [0.2, 0.25) is 11.8 Å². The lowest BCUT2D eigenvalue weighted by atomic mass is 9.99. The molecule has 0 saturated carbocycles. The maximum Gasteiger partial charge on any atom is 0.326 e. The van der Waals surface area contributed by atoms with Gasteiger partial charge in [-0.05, 0) is 71.8 Å². The number of nitrogen functional groups attached to an aromatic ring is 1. The summed E-state index contributed by atoms with van der Waals surface area (Å²) < 4.78 is 0. The molecule has 3 aromatic carbocycles. The van der Waals surface area contributed by atoms with Gasteiger partial charge in [-0.15, -0.1) is 0 Å². The normalized spacial score (nSPS) is 12.6. The van der Waals surface area contributed by atoms with Gasteiger partial charge < -0.3 is 62.9 Å². The van der Waals surface area contributed by atoms with Crippen molar-refractivity contribution in [3.63, 3.8) is 0 Å². The summed E-state index contributed by atoms with van der Waals surface area (Å²) in [4.78, 5) is 127. The predicted molar refractivity (Wildman–Crippen MR) is 242 cm³/mol. The van der Waals surface area contributed by atoms with Crippen LogP contribution < -0.4 is 43.2 Å². The third kappa shape index (κ3) is 16.9. The first kappa shape index (κ1) is 52.9. The number of aromatic nitrogens is 1. The number of amides is 6. The summed E-state index contributed by atoms with van der Waals surface area (Å²) in [6.07, 6.45) is -0.292. The molecule has 4 atom stereocenters. The highest BCUT2D eigenvalue weighted by Gasteiger charge is 2.34. The maximum absolute atomic E-state index is 13.6. The lowest BCUT2D eigenvalue weighted by Gasteiger charge is -2.21. The van der Waals surface area contributed by atoms with E-state index in [-0.39, 0.29) is 55.7 Å². The monoisotopic (exact) mass is 957 g/mol. The fraction of sp³-hybridized carbons (Fsp3) is 0.311. The topological polar surface area (TPSA) is 395 Å². The van der Waals surface area contributed by atoms with E-state index in [0.29, 0.717) is 11.1 Å². The summed E-state index contributed by atoms with van der Waals surface area (Å²) in [5, 5.41) is 63.1. The summed E-state index contributed by atoms with van der Waals surface area (Å²) in [5.41, 5.74) is 3.53. The van der Waals surface area contributed by atoms with Crippen molar-refractivity contribution >= 4 is 76.1 Å². The van der Waals surface area contributed by atoms with Gasteiger partial charge in [0.05, 0.1) is 5.56 Å². The number of nitrogens with zero attached hydrogens (tertiary/aromatic N) is 1. The van der Waals surface area contributed by atoms with E-state index < -0.39 is 109 Å². The zero-order valence-corrected chi connectivity index (χ0v) is 36.7. The van der Waals surface area contributed by atoms with Crippen molar-refractivity contribution < 1.29 is 73.5 Å². The Morgan fingerprint density at radius 1 is 0.565 bits per heavy atom. The third-order valence-corrected chi connectivity index (χ3v) is 10.5. The molecule has 0 saturated heterocycles. The molecule has 69 heavy (non-hydrogen) atoms. The number of urea groups is 1. The summed E-state index contributed by atoms with van der Waals surface area (Å²) >= 11 is 0. The van der Waals surface area contributed by atoms with Crippen LogP contribution in [0.2, 0.25) is 0 Å². The van der Waals surface area contributed by atoms with Crippen LogP contribution in [0.5, 0.6) is 0 Å². The van der Waals surface area contributed by atoms with Crippen LogP contribution in [0.15, 0.2) is 85.1 Å². The van der Waals surface area contributed by atoms with Gasteiger partial charge >= 0.3 is 35.9 Å². The summed E-state index contributed by atoms with van der Waals surface area (Å²) in [6.45, 7) is -0.160. The number of carbonyl (C=O) groups is 10. The lowest BCUT2D eigenvalue weighted by molar-refractivity contribution is -0.155. The number of carbonyl (C=O) groups excluding carboxylic acids is 5. The fourth-order valence-electron chi connectivity index (χ4n) is 6.72. The fourth-order valence-corrected chi connectivity index (χ4v) is 6.72. The van der Waals surface area contributed by atoms with Gasteiger partial charge in [-0.2, -0.15) is 0 Å². The number of anilines is 1. The Morgan fingerprint density at radius 3 is 1.74 bits per heavy atom. The molecule has 4 aromatic rings. The van der Waals surface area contributed by atoms with Crippen LogP contribution in [0.1, 0.15) is 70.4 Å². The molecule has 1 heterocycles. The van der Waals surface area contributed by atoms with E-state index >= 15 is 0 Å². The SMILES string of the molecule is NNc1ccc(C(=O)NC(CC(C(=O)O)C(=O)O)C(=O)NCc2ccc(C(=O)NC(Cc3ccc4ccccc4c3)C(=O)NCCCCC(NC(=O)NC(CCC(=O)O)C(=O)O)C(=O)O)cc2)cn1. The second kappa shape index (κ2) is 25.9. The van der Waals surface area contributed by atoms with Crippen molar-refractivity contribution in [1.29, 1.82) is 0 Å². The first-order chi connectivity index (χ1) is 32.8. The van der Waals surface area contributed by atoms with Gasteiger partial charge in [-0.1, -0.05) is 54.6 Å². The van der Waals surface area contributed by atoms with Crippen LogP contribution in [0.4, 0.5) is 10.6 Å². The van der Waals surface area contributed by atoms with Gasteiger partial charge in [-0.3, -0.25) is 33.6 Å². The van der Waals surface area contributed by atoms with Crippen LogP contribution in [0, 0.1) is 5.92 Å². The number of fused-ring (bicyclic) bond motifs is 1. The molecule has 0 aliphatic heterocycles. The van der Waals surface area contributed by atoms with E-state index in [4.69, 9.17) is 10.9 Å². The second-order valence-electron chi connectivity index (χ2n) is 15.5. The Labute approximate surface area is 392 Å². The van der Waals surface area contributed by atoms with E-state index in [9.17, 15) is 68.4 Å². The Morgan fingerprint density at radius 2 is 1.14 bits per heavy atom. The highest BCUT2D eigenvalue weighted by atomic mass is 16.4. The molecule has 0 bridgehead atoms. The zero-order chi connectivity index (χ0) is 50.6. The van der Waals surface area contributed by atoms with Crippen molar-refractivity contribution in [2.45, 2.75) is 75.7 Å². The Kier molecular flexibility index (Phi) is 19.9. The van der Waals surface area contributed by atoms with Crippen molar-refractivity contribution in [2.24, 2.45) is 11.8 Å². The summed E-state index contributed by atoms with van der Waals surface area (Å²) in [7, 11) is 0. The minimum absolute atomic E-state index is 0.0332. The van der Waals surface area contributed by atoms with Crippen LogP contribution in [0.25, 0.3) is 10.8 Å². The average molecular weight is 958 g/mol. The largest absolute Gasteiger partial charge is 0.481 e. The molecule has 4 unspecified atom stereocenters. The molecule has 0 aliphatic carbocycles. The van der Waals surface area contributed by atoms with Crippen LogP contribution in [-0.4, -0.2) is 121 Å². The Bertz CT molecular complexity index is 2510. The predicted octanol–water partition coefficient (Wildman–Crippen LogP) is 0.809. The number of hydrogen-bond donors (Lipinski definition) is 13. The van der Waals surface area contributed by atoms with Gasteiger partial charge in [-0.25, -0.2) is 25.2 Å². The molecule has 24 nitrogen and oxygen atoms in total. The number of rotatable bonds is 27. The lowest BCUT2D eigenvalue weighted by Crippen LogP contribution is -2.51. The third-order valence-electron chi connectivity index (χ3n) is 10.5. The Balaban J connectivity index is 1.39. The number of unbranched alkanes of at least 4 members (excludes halogenated alkanes) is 1. The smallest absolute Gasteiger partial charge is 0.326 e. The van der Waals surface area contributed by atoms with E-state index in [0.717, 1.165) is 17.0 Å². The zero-order valence-electron chi connectivity index (χ0n) is 36.7. The number of hydrazine groups is 1. The van der Waals surface area contributed by atoms with Gasteiger partial charge in [0.1, 0.15) is 30.0 Å². The first-order valence-electron chi connectivity index (χ1n) is 21.2. The number of nitrogens with two attached hydrogens (primary N) is 1. The average Bonchev–Trinajstić information content (AvgIpc) is 3.32. The van der Waals surface area contributed by atoms with E-state index in [2.05, 4.69) is 42.3 Å². The molecule has 24 heteroatoms. The summed E-state index contributed by atoms with van der Waals surface area (Å²) in [6, 6.07) is 14.7. The number of carboxylic acid groups (broad SMARTS) is 5. The quantitative estimate of drug-likeness (QED) is 0.0170. The molecule has 1 aromatic heterocycles. The summed E-state index contributed by atoms with van der Waals surface area (Å²) in [5.74, 6) is -7.15. The Hall–Kier alpha value is -8.67. The molecule has 0 radical (unpaired) electrons. The standard InChI is InChI=1S/C45H51N9O15/c46-54-35-16-14-29(23-48-35)38(58)51-34(21-30(41(61)62)42(63)64)40(60)49-22-24-8-12-27(13-9-24)37(57)50-33(20-25-10-11-26-5-1-2-6-28(26)19-25)39(59)47-18-4-3-7-31(43(65)66)52-45(69)53-32(44(67)68)15-17-36(55)56/h1-2,5-6,8-14,16,19,23,30-34H,3-4,7,15,17-18,20-22,46H2,(H,47,59)(H,48,54)(H,49,60)(H,50,57)(H,51,58)(H,55,56)(H,61,62)(H,63,64)(H,65,66)(H,67,68)(H2,52,53,69). The minimum atomic E-state index is -2.04. The van der Waals surface area contributed by atoms with Crippen LogP contribution in [0.3, 0.4) is 0 Å². The second-order valence-corrected chi connectivity index (χ2v) is 15.5. The minimum Gasteiger partial charge on any atom is -0.481 e. The molecule has 366 valence electrons. The molecular weight excluding hydrogens is 907 g/mol. The highest BCUT2D eigenvalue weighted by Crippen LogP contribution is 2.18. The molecule has 0 fully saturated rings. The van der Waals surface area contributed by atoms with E-state index in [1.807, 2.05) is 42.5 Å². The number of benzene rings is 3. The molecule has 14 N–H and O–H groups in total. The van der Waals surface area contributed by atoms with Gasteiger partial charge in [0.25, 0.3) is 11.8 Å². The number of hydrogen-bond acceptors (Lipinski definition) is 13. The molecular formula is C45H51N9O15. The van der Waals surface area contributed by atoms with E-state index in [1.165, 1.54) is 36.4 Å². The van der Waals surface area contributed by atoms with Crippen molar-refractivity contribution in [1.82, 2.24) is 36.9 Å². The van der Waals surface area contributed by atoms with Crippen LogP contribution >= 0.6 is 0 Å². The van der Waals surface area contributed by atoms with Gasteiger partial charge in [0, 0.05) is 44.1 Å². The number of aliphatic carboxylic acids is 5. The molecule has 4 rings (SSSR count).